The molecule has 2 unspecified atom stereocenters. The van der Waals surface area contributed by atoms with Gasteiger partial charge in [-0.3, -0.25) is 0 Å². The van der Waals surface area contributed by atoms with Gasteiger partial charge in [0, 0.05) is 7.11 Å². The van der Waals surface area contributed by atoms with Crippen molar-refractivity contribution in [3.05, 3.63) is 41.9 Å². The van der Waals surface area contributed by atoms with Crippen molar-refractivity contribution in [2.24, 2.45) is 11.7 Å². The highest BCUT2D eigenvalue weighted by Crippen LogP contribution is 2.23. The number of hydrogen-bond donors (Lipinski definition) is 2. The smallest absolute Gasteiger partial charge is 0.123 e. The van der Waals surface area contributed by atoms with Crippen LogP contribution in [0.1, 0.15) is 37.7 Å². The number of nitrogens with one attached hydrogen (secondary N) is 1. The second-order valence-corrected chi connectivity index (χ2v) is 5.53. The molecule has 2 atom stereocenters. The molecule has 3 N–H and O–H groups in total. The molecule has 0 aliphatic rings. The van der Waals surface area contributed by atoms with Gasteiger partial charge in [-0.2, -0.15) is 0 Å². The number of rotatable bonds is 7. The Morgan fingerprint density at radius 1 is 1.29 bits per heavy atom. The van der Waals surface area contributed by atoms with Gasteiger partial charge >= 0.3 is 0 Å². The van der Waals surface area contributed by atoms with E-state index in [0.29, 0.717) is 5.92 Å². The van der Waals surface area contributed by atoms with E-state index in [0.717, 1.165) is 36.5 Å². The highest BCUT2D eigenvalue weighted by molar-refractivity contribution is 5.58. The number of methoxy groups -OCH3 is 1. The van der Waals surface area contributed by atoms with E-state index in [1.165, 1.54) is 5.56 Å². The maximum Gasteiger partial charge on any atom is 0.123 e. The third kappa shape index (κ3) is 3.93. The van der Waals surface area contributed by atoms with Gasteiger partial charge in [-0.25, -0.2) is 4.98 Å². The predicted molar refractivity (Wildman–Crippen MR) is 86.0 cm³/mol. The minimum absolute atomic E-state index is 0.0373. The second-order valence-electron chi connectivity index (χ2n) is 5.53. The molecule has 0 amide bonds. The summed E-state index contributed by atoms with van der Waals surface area (Å²) in [5.74, 6) is 1.28. The van der Waals surface area contributed by atoms with Crippen LogP contribution in [0.5, 0.6) is 0 Å². The van der Waals surface area contributed by atoms with Gasteiger partial charge in [-0.05, 0) is 23.5 Å². The number of nitrogens with two attached hydrogens (primary N) is 1. The van der Waals surface area contributed by atoms with E-state index < -0.39 is 0 Å². The molecule has 0 spiro atoms. The van der Waals surface area contributed by atoms with Crippen LogP contribution in [0.15, 0.2) is 30.5 Å². The quantitative estimate of drug-likeness (QED) is 0.821. The van der Waals surface area contributed by atoms with Crippen LogP contribution in [-0.4, -0.2) is 23.7 Å². The molecule has 4 nitrogen and oxygen atoms in total. The van der Waals surface area contributed by atoms with Crippen LogP contribution >= 0.6 is 0 Å². The lowest BCUT2D eigenvalue weighted by Crippen LogP contribution is -2.19. The van der Waals surface area contributed by atoms with Crippen molar-refractivity contribution in [1.29, 1.82) is 0 Å². The summed E-state index contributed by atoms with van der Waals surface area (Å²) < 4.78 is 5.09. The van der Waals surface area contributed by atoms with Gasteiger partial charge in [0.2, 0.25) is 0 Å². The maximum atomic E-state index is 6.21. The number of ether oxygens (including phenoxy) is 1. The van der Waals surface area contributed by atoms with Crippen LogP contribution in [0.25, 0.3) is 11.3 Å². The molecule has 1 heterocycles. The number of aromatic amines is 1. The molecule has 0 saturated carbocycles. The van der Waals surface area contributed by atoms with Crippen LogP contribution in [0.3, 0.4) is 0 Å². The fraction of sp³-hybridized carbons (Fsp3) is 0.471. The van der Waals surface area contributed by atoms with Crippen LogP contribution in [0.4, 0.5) is 0 Å². The van der Waals surface area contributed by atoms with E-state index in [9.17, 15) is 0 Å². The van der Waals surface area contributed by atoms with Crippen molar-refractivity contribution in [3.63, 3.8) is 0 Å². The fourth-order valence-corrected chi connectivity index (χ4v) is 2.25. The van der Waals surface area contributed by atoms with Gasteiger partial charge in [-0.15, -0.1) is 0 Å². The summed E-state index contributed by atoms with van der Waals surface area (Å²) >= 11 is 0. The second kappa shape index (κ2) is 7.38. The fourth-order valence-electron chi connectivity index (χ4n) is 2.25. The van der Waals surface area contributed by atoms with Crippen molar-refractivity contribution in [2.75, 3.05) is 13.7 Å². The lowest BCUT2D eigenvalue weighted by atomic mass is 10.00. The molecule has 0 radical (unpaired) electrons. The van der Waals surface area contributed by atoms with Crippen molar-refractivity contribution >= 4 is 0 Å². The minimum atomic E-state index is -0.0373. The molecule has 0 bridgehead atoms. The first-order valence-corrected chi connectivity index (χ1v) is 7.54. The largest absolute Gasteiger partial charge is 0.384 e. The lowest BCUT2D eigenvalue weighted by Gasteiger charge is -2.15. The Bertz CT molecular complexity index is 547. The molecular formula is C17H25N3O. The van der Waals surface area contributed by atoms with Crippen LogP contribution in [0.2, 0.25) is 0 Å². The molecule has 4 heteroatoms. The summed E-state index contributed by atoms with van der Waals surface area (Å²) in [5.41, 5.74) is 9.63. The first kappa shape index (κ1) is 15.7. The molecular weight excluding hydrogens is 262 g/mol. The molecule has 1 aromatic carbocycles. The Morgan fingerprint density at radius 2 is 2.00 bits per heavy atom. The highest BCUT2D eigenvalue weighted by atomic mass is 16.5. The Kier molecular flexibility index (Phi) is 5.53. The number of imidazole rings is 1. The minimum Gasteiger partial charge on any atom is -0.384 e. The summed E-state index contributed by atoms with van der Waals surface area (Å²) in [4.78, 5) is 7.78. The summed E-state index contributed by atoms with van der Waals surface area (Å²) in [6.45, 7) is 5.04. The van der Waals surface area contributed by atoms with E-state index >= 15 is 0 Å². The van der Waals surface area contributed by atoms with Gasteiger partial charge in [-0.1, -0.05) is 44.5 Å². The highest BCUT2D eigenvalue weighted by Gasteiger charge is 2.16. The number of nitrogens with zero attached hydrogens (tertiary/aromatic N) is 1. The molecule has 1 aromatic heterocycles. The Hall–Kier alpha value is -1.65. The van der Waals surface area contributed by atoms with Crippen LogP contribution in [0, 0.1) is 5.92 Å². The maximum absolute atomic E-state index is 6.21. The SMILES string of the molecule is CCC(C)C(N)c1ncc(-c2ccc(CCOC)cc2)[nH]1. The van der Waals surface area contributed by atoms with E-state index in [-0.39, 0.29) is 6.04 Å². The van der Waals surface area contributed by atoms with Gasteiger partial charge in [0.15, 0.2) is 0 Å². The molecule has 2 rings (SSSR count). The molecule has 0 aliphatic heterocycles. The van der Waals surface area contributed by atoms with Gasteiger partial charge in [0.1, 0.15) is 5.82 Å². The first-order chi connectivity index (χ1) is 10.2. The monoisotopic (exact) mass is 287 g/mol. The topological polar surface area (TPSA) is 63.9 Å². The van der Waals surface area contributed by atoms with Crippen molar-refractivity contribution in [2.45, 2.75) is 32.7 Å². The number of H-pyrrole nitrogens is 1. The normalized spacial score (nSPS) is 14.1. The molecule has 114 valence electrons. The average Bonchev–Trinajstić information content (AvgIpc) is 3.01. The molecule has 2 aromatic rings. The number of aromatic nitrogens is 2. The number of hydrogen-bond acceptors (Lipinski definition) is 3. The van der Waals surface area contributed by atoms with Gasteiger partial charge in [0.05, 0.1) is 24.5 Å². The summed E-state index contributed by atoms with van der Waals surface area (Å²) in [6.07, 6.45) is 3.84. The van der Waals surface area contributed by atoms with Crippen LogP contribution < -0.4 is 5.73 Å². The zero-order valence-corrected chi connectivity index (χ0v) is 13.1. The molecule has 21 heavy (non-hydrogen) atoms. The van der Waals surface area contributed by atoms with E-state index in [1.54, 1.807) is 7.11 Å². The van der Waals surface area contributed by atoms with Crippen molar-refractivity contribution in [3.8, 4) is 11.3 Å². The van der Waals surface area contributed by atoms with Crippen LogP contribution in [-0.2, 0) is 11.2 Å². The predicted octanol–water partition coefficient (Wildman–Crippen LogP) is 3.31. The Balaban J connectivity index is 2.10. The Morgan fingerprint density at radius 3 is 2.62 bits per heavy atom. The third-order valence-electron chi connectivity index (χ3n) is 4.03. The van der Waals surface area contributed by atoms with Gasteiger partial charge in [0.25, 0.3) is 0 Å². The molecule has 0 saturated heterocycles. The van der Waals surface area contributed by atoms with Gasteiger partial charge < -0.3 is 15.5 Å². The van der Waals surface area contributed by atoms with E-state index in [2.05, 4.69) is 48.1 Å². The zero-order chi connectivity index (χ0) is 15.2. The van der Waals surface area contributed by atoms with Crippen molar-refractivity contribution < 1.29 is 4.74 Å². The van der Waals surface area contributed by atoms with E-state index in [4.69, 9.17) is 10.5 Å². The van der Waals surface area contributed by atoms with E-state index in [1.807, 2.05) is 6.20 Å². The standard InChI is InChI=1S/C17H25N3O/c1-4-12(2)16(18)17-19-11-15(20-17)14-7-5-13(6-8-14)9-10-21-3/h5-8,11-12,16H,4,9-10,18H2,1-3H3,(H,19,20). The number of benzene rings is 1. The molecule has 0 fully saturated rings. The molecule has 0 aliphatic carbocycles. The summed E-state index contributed by atoms with van der Waals surface area (Å²) in [6, 6.07) is 8.44. The van der Waals surface area contributed by atoms with Crippen molar-refractivity contribution in [1.82, 2.24) is 9.97 Å². The summed E-state index contributed by atoms with van der Waals surface area (Å²) in [7, 11) is 1.72. The first-order valence-electron chi connectivity index (χ1n) is 7.54. The average molecular weight is 287 g/mol. The summed E-state index contributed by atoms with van der Waals surface area (Å²) in [5, 5.41) is 0. The lowest BCUT2D eigenvalue weighted by molar-refractivity contribution is 0.202. The zero-order valence-electron chi connectivity index (χ0n) is 13.1. The Labute approximate surface area is 126 Å². The third-order valence-corrected chi connectivity index (χ3v) is 4.03.